The number of hydrogen-bond acceptors (Lipinski definition) is 0. The van der Waals surface area contributed by atoms with E-state index >= 15 is 0 Å². The Morgan fingerprint density at radius 1 is 0.733 bits per heavy atom. The van der Waals surface area contributed by atoms with Crippen LogP contribution in [0, 0.1) is 0 Å². The molecule has 0 aliphatic rings. The van der Waals surface area contributed by atoms with E-state index < -0.39 is 12.3 Å². The molecule has 0 spiro atoms. The number of halogens is 1. The summed E-state index contributed by atoms with van der Waals surface area (Å²) in [5, 5.41) is 0. The number of benzene rings is 2. The molecule has 0 aliphatic heterocycles. The normalized spacial score (nSPS) is 11.3. The molecule has 15 heavy (non-hydrogen) atoms. The topological polar surface area (TPSA) is 0 Å². The second kappa shape index (κ2) is 4.42. The Morgan fingerprint density at radius 2 is 1.07 bits per heavy atom. The van der Waals surface area contributed by atoms with Crippen LogP contribution in [0.25, 0.3) is 0 Å². The fraction of sp³-hybridized carbons (Fsp3) is 0.0769. The molecule has 0 unspecified atom stereocenters. The van der Waals surface area contributed by atoms with Crippen LogP contribution >= 0.6 is 10.0 Å². The first kappa shape index (κ1) is 10.8. The maximum atomic E-state index is 6.77. The molecule has 0 saturated carbocycles. The van der Waals surface area contributed by atoms with Crippen molar-refractivity contribution in [2.24, 2.45) is 0 Å². The van der Waals surface area contributed by atoms with Crippen molar-refractivity contribution < 1.29 is 0 Å². The second-order valence-corrected chi connectivity index (χ2v) is 14.3. The van der Waals surface area contributed by atoms with Crippen LogP contribution in [0.2, 0.25) is 5.76 Å². The van der Waals surface area contributed by atoms with Gasteiger partial charge in [0.1, 0.15) is 0 Å². The van der Waals surface area contributed by atoms with Gasteiger partial charge in [0, 0.05) is 0 Å². The molecular formula is C13H13ClGe. The van der Waals surface area contributed by atoms with Crippen LogP contribution in [0.5, 0.6) is 0 Å². The van der Waals surface area contributed by atoms with E-state index in [-0.39, 0.29) is 0 Å². The predicted octanol–water partition coefficient (Wildman–Crippen LogP) is 2.61. The number of rotatable bonds is 2. The standard InChI is InChI=1S/C13H13ClGe/c1-15(14,12-8-4-2-5-9-12)13-10-6-3-7-11-13/h2-11H,1H3. The Balaban J connectivity index is 2.44. The molecule has 0 heterocycles. The van der Waals surface area contributed by atoms with Gasteiger partial charge in [-0.1, -0.05) is 0 Å². The third-order valence-corrected chi connectivity index (χ3v) is 10.8. The monoisotopic (exact) mass is 278 g/mol. The number of hydrogen-bond donors (Lipinski definition) is 0. The van der Waals surface area contributed by atoms with Gasteiger partial charge in [-0.3, -0.25) is 0 Å². The van der Waals surface area contributed by atoms with Crippen LogP contribution in [0.4, 0.5) is 0 Å². The van der Waals surface area contributed by atoms with E-state index in [1.807, 2.05) is 12.1 Å². The first-order valence-electron chi connectivity index (χ1n) is 5.01. The van der Waals surface area contributed by atoms with E-state index in [1.54, 1.807) is 0 Å². The summed E-state index contributed by atoms with van der Waals surface area (Å²) in [5.41, 5.74) is 0. The zero-order valence-electron chi connectivity index (χ0n) is 8.65. The molecule has 0 fully saturated rings. The van der Waals surface area contributed by atoms with Crippen LogP contribution in [-0.4, -0.2) is 12.3 Å². The molecule has 2 heteroatoms. The van der Waals surface area contributed by atoms with Gasteiger partial charge in [-0.2, -0.15) is 0 Å². The molecule has 0 aliphatic carbocycles. The van der Waals surface area contributed by atoms with E-state index in [0.717, 1.165) is 0 Å². The van der Waals surface area contributed by atoms with Crippen LogP contribution in [0.15, 0.2) is 60.7 Å². The molecule has 2 rings (SSSR count). The Bertz CT molecular complexity index is 381. The molecule has 0 N–H and O–H groups in total. The van der Waals surface area contributed by atoms with Crippen LogP contribution in [0.1, 0.15) is 0 Å². The maximum absolute atomic E-state index is 6.77. The van der Waals surface area contributed by atoms with E-state index in [4.69, 9.17) is 10.0 Å². The van der Waals surface area contributed by atoms with Gasteiger partial charge in [0.05, 0.1) is 0 Å². The molecule has 2 aromatic rings. The van der Waals surface area contributed by atoms with Gasteiger partial charge in [-0.05, 0) is 0 Å². The minimum absolute atomic E-state index is 1.31. The zero-order chi connectivity index (χ0) is 10.7. The van der Waals surface area contributed by atoms with Gasteiger partial charge in [0.25, 0.3) is 0 Å². The van der Waals surface area contributed by atoms with Gasteiger partial charge in [-0.15, -0.1) is 0 Å². The summed E-state index contributed by atoms with van der Waals surface area (Å²) in [6.07, 6.45) is 0. The summed E-state index contributed by atoms with van der Waals surface area (Å²) < 4.78 is 2.62. The summed E-state index contributed by atoms with van der Waals surface area (Å²) in [5.74, 6) is 2.21. The Morgan fingerprint density at radius 3 is 1.40 bits per heavy atom. The van der Waals surface area contributed by atoms with Crippen molar-refractivity contribution in [1.29, 1.82) is 0 Å². The fourth-order valence-electron chi connectivity index (χ4n) is 1.67. The summed E-state index contributed by atoms with van der Waals surface area (Å²) >= 11 is -2.52. The van der Waals surface area contributed by atoms with Crippen LogP contribution in [-0.2, 0) is 0 Å². The quantitative estimate of drug-likeness (QED) is 0.740. The molecule has 2 aromatic carbocycles. The molecule has 76 valence electrons. The predicted molar refractivity (Wildman–Crippen MR) is 69.6 cm³/mol. The fourth-order valence-corrected chi connectivity index (χ4v) is 7.11. The molecule has 0 amide bonds. The van der Waals surface area contributed by atoms with Gasteiger partial charge >= 0.3 is 97.6 Å². The van der Waals surface area contributed by atoms with Gasteiger partial charge in [-0.25, -0.2) is 0 Å². The van der Waals surface area contributed by atoms with E-state index in [9.17, 15) is 0 Å². The zero-order valence-corrected chi connectivity index (χ0v) is 11.5. The third kappa shape index (κ3) is 2.27. The van der Waals surface area contributed by atoms with Crippen molar-refractivity contribution in [2.75, 3.05) is 0 Å². The van der Waals surface area contributed by atoms with Crippen LogP contribution in [0.3, 0.4) is 0 Å². The summed E-state index contributed by atoms with van der Waals surface area (Å²) in [7, 11) is 6.77. The Kier molecular flexibility index (Phi) is 3.17. The average molecular weight is 277 g/mol. The SMILES string of the molecule is [CH3][Ge]([Cl])([c]1ccccc1)[c]1ccccc1. The minimum atomic E-state index is -2.52. The summed E-state index contributed by atoms with van der Waals surface area (Å²) in [6, 6.07) is 20.9. The van der Waals surface area contributed by atoms with E-state index in [1.165, 1.54) is 8.79 Å². The van der Waals surface area contributed by atoms with Gasteiger partial charge in [0.15, 0.2) is 0 Å². The van der Waals surface area contributed by atoms with Gasteiger partial charge < -0.3 is 0 Å². The summed E-state index contributed by atoms with van der Waals surface area (Å²) in [6.45, 7) is 0. The molecule has 0 bridgehead atoms. The van der Waals surface area contributed by atoms with Crippen molar-refractivity contribution in [3.63, 3.8) is 0 Å². The first-order chi connectivity index (χ1) is 7.21. The van der Waals surface area contributed by atoms with Crippen molar-refractivity contribution in [3.05, 3.63) is 60.7 Å². The van der Waals surface area contributed by atoms with E-state index in [2.05, 4.69) is 54.3 Å². The van der Waals surface area contributed by atoms with Gasteiger partial charge in [0.2, 0.25) is 0 Å². The molecule has 0 saturated heterocycles. The molecule has 0 atom stereocenters. The molecule has 0 aromatic heterocycles. The van der Waals surface area contributed by atoms with Crippen molar-refractivity contribution in [2.45, 2.75) is 5.76 Å². The first-order valence-corrected chi connectivity index (χ1v) is 12.0. The average Bonchev–Trinajstić information content (AvgIpc) is 2.31. The van der Waals surface area contributed by atoms with Crippen molar-refractivity contribution in [1.82, 2.24) is 0 Å². The Hall–Kier alpha value is -0.727. The molecule has 0 radical (unpaired) electrons. The Labute approximate surface area is 97.4 Å². The summed E-state index contributed by atoms with van der Waals surface area (Å²) in [4.78, 5) is 0. The van der Waals surface area contributed by atoms with Crippen molar-refractivity contribution in [3.8, 4) is 0 Å². The second-order valence-electron chi connectivity index (χ2n) is 3.74. The van der Waals surface area contributed by atoms with Crippen LogP contribution < -0.4 is 8.79 Å². The van der Waals surface area contributed by atoms with E-state index in [0.29, 0.717) is 0 Å². The molecule has 0 nitrogen and oxygen atoms in total. The van der Waals surface area contributed by atoms with Crippen molar-refractivity contribution >= 4 is 31.1 Å². The molecular weight excluding hydrogens is 264 g/mol. The third-order valence-electron chi connectivity index (χ3n) is 2.63.